The van der Waals surface area contributed by atoms with Gasteiger partial charge in [0.05, 0.1) is 31.8 Å². The molecule has 7 rings (SSSR count). The van der Waals surface area contributed by atoms with E-state index in [4.69, 9.17) is 14.2 Å². The van der Waals surface area contributed by atoms with E-state index in [-0.39, 0.29) is 44.3 Å². The molecule has 270 valence electrons. The molecule has 5 aromatic rings. The number of amides is 3. The summed E-state index contributed by atoms with van der Waals surface area (Å²) in [7, 11) is 0. The molecule has 2 N–H and O–H groups in total. The number of carbonyl (C=O) groups excluding carboxylic acids is 3. The van der Waals surface area contributed by atoms with Crippen LogP contribution in [0.2, 0.25) is 0 Å². The molecule has 0 spiro atoms. The van der Waals surface area contributed by atoms with E-state index in [0.717, 1.165) is 44.7 Å². The van der Waals surface area contributed by atoms with Crippen LogP contribution in [0, 0.1) is 0 Å². The van der Waals surface area contributed by atoms with Gasteiger partial charge in [-0.25, -0.2) is 4.79 Å². The number of alkyl carbamates (subject to hydrolysis) is 1. The van der Waals surface area contributed by atoms with Gasteiger partial charge in [-0.2, -0.15) is 0 Å². The van der Waals surface area contributed by atoms with Crippen LogP contribution in [0.4, 0.5) is 4.79 Å². The van der Waals surface area contributed by atoms with Crippen molar-refractivity contribution in [3.8, 4) is 11.1 Å². The van der Waals surface area contributed by atoms with Crippen LogP contribution >= 0.6 is 11.8 Å². The van der Waals surface area contributed by atoms with E-state index in [1.807, 2.05) is 121 Å². The monoisotopic (exact) mass is 728 g/mol. The number of rotatable bonds is 12. The quantitative estimate of drug-likeness (QED) is 0.0992. The Labute approximate surface area is 312 Å². The number of hydrogen-bond donors (Lipinski definition) is 2. The molecule has 10 heteroatoms. The van der Waals surface area contributed by atoms with E-state index in [2.05, 4.69) is 17.4 Å². The minimum Gasteiger partial charge on any atom is -0.445 e. The van der Waals surface area contributed by atoms with Crippen molar-refractivity contribution in [3.05, 3.63) is 161 Å². The third-order valence-electron chi connectivity index (χ3n) is 9.33. The van der Waals surface area contributed by atoms with Crippen molar-refractivity contribution in [1.29, 1.82) is 0 Å². The number of benzene rings is 5. The maximum absolute atomic E-state index is 13.2. The van der Waals surface area contributed by atoms with Gasteiger partial charge in [-0.1, -0.05) is 115 Å². The van der Waals surface area contributed by atoms with Crippen LogP contribution < -0.4 is 5.32 Å². The first kappa shape index (κ1) is 36.1. The average molecular weight is 729 g/mol. The van der Waals surface area contributed by atoms with Gasteiger partial charge in [-0.3, -0.25) is 14.5 Å². The number of carbonyl (C=O) groups is 3. The maximum atomic E-state index is 13.2. The second-order valence-corrected chi connectivity index (χ2v) is 14.2. The number of nitrogens with zero attached hydrogens (tertiary/aromatic N) is 1. The Morgan fingerprint density at radius 3 is 2.21 bits per heavy atom. The third kappa shape index (κ3) is 9.22. The molecule has 0 radical (unpaired) electrons. The van der Waals surface area contributed by atoms with Crippen LogP contribution in [0.25, 0.3) is 11.1 Å². The molecule has 2 aliphatic rings. The number of aliphatic hydroxyl groups excluding tert-OH is 1. The van der Waals surface area contributed by atoms with Crippen LogP contribution in [-0.4, -0.2) is 45.8 Å². The molecule has 9 nitrogen and oxygen atoms in total. The van der Waals surface area contributed by atoms with Gasteiger partial charge < -0.3 is 24.6 Å². The molecule has 53 heavy (non-hydrogen) atoms. The fourth-order valence-electron chi connectivity index (χ4n) is 6.46. The molecule has 2 fully saturated rings. The van der Waals surface area contributed by atoms with Gasteiger partial charge in [0.25, 0.3) is 5.91 Å². The van der Waals surface area contributed by atoms with Crippen LogP contribution in [-0.2, 0) is 43.6 Å². The topological polar surface area (TPSA) is 114 Å². The molecule has 1 unspecified atom stereocenters. The molecule has 0 aromatic heterocycles. The fourth-order valence-corrected chi connectivity index (χ4v) is 7.40. The minimum absolute atomic E-state index is 0.0104. The van der Waals surface area contributed by atoms with Crippen molar-refractivity contribution in [2.75, 3.05) is 5.75 Å². The van der Waals surface area contributed by atoms with Gasteiger partial charge >= 0.3 is 6.09 Å². The summed E-state index contributed by atoms with van der Waals surface area (Å²) in [5.74, 6) is -0.0392. The lowest BCUT2D eigenvalue weighted by Gasteiger charge is -2.36. The number of hydrogen-bond acceptors (Lipinski definition) is 8. The second-order valence-electron chi connectivity index (χ2n) is 13.1. The van der Waals surface area contributed by atoms with Crippen molar-refractivity contribution in [2.45, 2.75) is 62.0 Å². The Morgan fingerprint density at radius 2 is 1.47 bits per heavy atom. The molecule has 0 aliphatic carbocycles. The van der Waals surface area contributed by atoms with Gasteiger partial charge in [0.1, 0.15) is 12.6 Å². The van der Waals surface area contributed by atoms with E-state index >= 15 is 0 Å². The van der Waals surface area contributed by atoms with Crippen LogP contribution in [0.1, 0.15) is 53.1 Å². The SMILES string of the molecule is O=C(NC1CC(=O)N(Cc2cccc(-c3ccc([C@@H]4O[C@H](CSc5ccccc5)C[C@H](c5ccc(CO)cc5)O4)cc3)c2)C1=O)OCc1ccccc1. The number of ether oxygens (including phenoxy) is 3. The molecule has 5 aromatic carbocycles. The zero-order valence-electron chi connectivity index (χ0n) is 29.0. The highest BCUT2D eigenvalue weighted by Crippen LogP contribution is 2.40. The summed E-state index contributed by atoms with van der Waals surface area (Å²) in [5.41, 5.74) is 6.28. The Bertz CT molecular complexity index is 2010. The van der Waals surface area contributed by atoms with Gasteiger partial charge in [0.2, 0.25) is 5.91 Å². The van der Waals surface area contributed by atoms with E-state index in [1.54, 1.807) is 11.8 Å². The molecule has 2 saturated heterocycles. The van der Waals surface area contributed by atoms with Crippen molar-refractivity contribution in [3.63, 3.8) is 0 Å². The Kier molecular flexibility index (Phi) is 11.6. The highest BCUT2D eigenvalue weighted by molar-refractivity contribution is 7.99. The highest BCUT2D eigenvalue weighted by atomic mass is 32.2. The van der Waals surface area contributed by atoms with E-state index in [1.165, 1.54) is 9.80 Å². The average Bonchev–Trinajstić information content (AvgIpc) is 3.47. The number of thioether (sulfide) groups is 1. The van der Waals surface area contributed by atoms with E-state index in [0.29, 0.717) is 6.42 Å². The first-order valence-corrected chi connectivity index (χ1v) is 18.6. The van der Waals surface area contributed by atoms with Gasteiger partial charge in [0, 0.05) is 22.6 Å². The number of likely N-dealkylation sites (tertiary alicyclic amines) is 1. The van der Waals surface area contributed by atoms with Crippen molar-refractivity contribution in [2.24, 2.45) is 0 Å². The standard InChI is InChI=1S/C43H40N2O7S/c46-26-29-14-16-33(17-15-29)39-23-36(28-53-37-12-5-2-6-13-37)51-42(52-39)34-20-18-32(19-21-34)35-11-7-10-31(22-35)25-45-40(47)24-38(41(45)48)44-43(49)50-27-30-8-3-1-4-9-30/h1-22,36,38-39,42,46H,23-28H2,(H,44,49)/t36-,38?,39+,42+/m0/s1. The van der Waals surface area contributed by atoms with Crippen LogP contribution in [0.3, 0.4) is 0 Å². The minimum atomic E-state index is -0.971. The Hall–Kier alpha value is -5.26. The molecule has 2 heterocycles. The normalized spacial score (nSPS) is 20.0. The molecule has 0 bridgehead atoms. The number of aliphatic hydroxyl groups is 1. The summed E-state index contributed by atoms with van der Waals surface area (Å²) in [6.07, 6.45) is -0.959. The molecular formula is C43H40N2O7S. The first-order valence-electron chi connectivity index (χ1n) is 17.6. The summed E-state index contributed by atoms with van der Waals surface area (Å²) in [6, 6.07) is 42.2. The Balaban J connectivity index is 0.998. The summed E-state index contributed by atoms with van der Waals surface area (Å²) in [5, 5.41) is 12.1. The second kappa shape index (κ2) is 17.0. The van der Waals surface area contributed by atoms with Crippen LogP contribution in [0.5, 0.6) is 0 Å². The van der Waals surface area contributed by atoms with E-state index in [9.17, 15) is 19.5 Å². The first-order chi connectivity index (χ1) is 25.9. The highest BCUT2D eigenvalue weighted by Gasteiger charge is 2.40. The summed E-state index contributed by atoms with van der Waals surface area (Å²) in [4.78, 5) is 40.8. The van der Waals surface area contributed by atoms with Crippen molar-refractivity contribution in [1.82, 2.24) is 10.2 Å². The van der Waals surface area contributed by atoms with Gasteiger partial charge in [-0.05, 0) is 51.6 Å². The summed E-state index contributed by atoms with van der Waals surface area (Å²) in [6.45, 7) is 0.145. The van der Waals surface area contributed by atoms with Gasteiger partial charge in [-0.15, -0.1) is 11.8 Å². The predicted molar refractivity (Wildman–Crippen MR) is 201 cm³/mol. The molecule has 3 amide bonds. The van der Waals surface area contributed by atoms with Crippen molar-refractivity contribution >= 4 is 29.7 Å². The zero-order valence-corrected chi connectivity index (χ0v) is 29.8. The fraction of sp³-hybridized carbons (Fsp3) is 0.233. The molecule has 2 aliphatic heterocycles. The molecular weight excluding hydrogens is 689 g/mol. The van der Waals surface area contributed by atoms with Crippen LogP contribution in [0.15, 0.2) is 138 Å². The molecule has 4 atom stereocenters. The summed E-state index contributed by atoms with van der Waals surface area (Å²) >= 11 is 1.76. The zero-order chi connectivity index (χ0) is 36.6. The van der Waals surface area contributed by atoms with E-state index < -0.39 is 24.3 Å². The van der Waals surface area contributed by atoms with Gasteiger partial charge in [0.15, 0.2) is 6.29 Å². The largest absolute Gasteiger partial charge is 0.445 e. The molecule has 0 saturated carbocycles. The lowest BCUT2D eigenvalue weighted by atomic mass is 9.99. The Morgan fingerprint density at radius 1 is 0.774 bits per heavy atom. The number of imide groups is 1. The lowest BCUT2D eigenvalue weighted by molar-refractivity contribution is -0.245. The lowest BCUT2D eigenvalue weighted by Crippen LogP contribution is -2.41. The number of nitrogens with one attached hydrogen (secondary N) is 1. The third-order valence-corrected chi connectivity index (χ3v) is 10.5. The smallest absolute Gasteiger partial charge is 0.408 e. The predicted octanol–water partition coefficient (Wildman–Crippen LogP) is 7.74. The maximum Gasteiger partial charge on any atom is 0.408 e. The van der Waals surface area contributed by atoms with Crippen molar-refractivity contribution < 1.29 is 33.7 Å². The summed E-state index contributed by atoms with van der Waals surface area (Å²) < 4.78 is 18.3.